The number of aromatic nitrogens is 2. The molecule has 21 heavy (non-hydrogen) atoms. The first kappa shape index (κ1) is 16.0. The standard InChI is InChI=1S/C16H21ClN2O2/c1-16(2,12-7-5-4-6-8-12)15(20)14-13(17)11-18-19(14)9-10-21-3/h4-8,11,15,20H,9-10H2,1-3H3. The molecule has 1 atom stereocenters. The summed E-state index contributed by atoms with van der Waals surface area (Å²) in [5, 5.41) is 15.6. The van der Waals surface area contributed by atoms with E-state index in [1.165, 1.54) is 0 Å². The van der Waals surface area contributed by atoms with E-state index >= 15 is 0 Å². The van der Waals surface area contributed by atoms with Crippen LogP contribution in [0.15, 0.2) is 36.5 Å². The Morgan fingerprint density at radius 3 is 2.62 bits per heavy atom. The third kappa shape index (κ3) is 3.28. The molecule has 1 aromatic carbocycles. The van der Waals surface area contributed by atoms with Crippen molar-refractivity contribution in [3.63, 3.8) is 0 Å². The Bertz CT molecular complexity index is 581. The van der Waals surface area contributed by atoms with Gasteiger partial charge in [-0.1, -0.05) is 55.8 Å². The molecule has 0 amide bonds. The lowest BCUT2D eigenvalue weighted by atomic mass is 9.78. The van der Waals surface area contributed by atoms with E-state index in [9.17, 15) is 5.11 Å². The molecule has 0 aliphatic heterocycles. The number of benzene rings is 1. The maximum Gasteiger partial charge on any atom is 0.106 e. The van der Waals surface area contributed by atoms with Crippen molar-refractivity contribution < 1.29 is 9.84 Å². The van der Waals surface area contributed by atoms with Crippen LogP contribution in [-0.2, 0) is 16.7 Å². The van der Waals surface area contributed by atoms with Gasteiger partial charge in [0.1, 0.15) is 6.10 Å². The van der Waals surface area contributed by atoms with Gasteiger partial charge in [-0.05, 0) is 5.56 Å². The van der Waals surface area contributed by atoms with Crippen LogP contribution < -0.4 is 0 Å². The quantitative estimate of drug-likeness (QED) is 0.891. The Labute approximate surface area is 130 Å². The molecule has 2 aromatic rings. The number of ether oxygens (including phenoxy) is 1. The van der Waals surface area contributed by atoms with Gasteiger partial charge in [-0.3, -0.25) is 4.68 Å². The van der Waals surface area contributed by atoms with Crippen molar-refractivity contribution in [3.8, 4) is 0 Å². The Hall–Kier alpha value is -1.36. The maximum atomic E-state index is 10.9. The second-order valence-electron chi connectivity index (χ2n) is 5.58. The van der Waals surface area contributed by atoms with Gasteiger partial charge in [0, 0.05) is 12.5 Å². The summed E-state index contributed by atoms with van der Waals surface area (Å²) in [6.07, 6.45) is 0.809. The van der Waals surface area contributed by atoms with Gasteiger partial charge in [-0.2, -0.15) is 5.10 Å². The molecule has 0 saturated carbocycles. The summed E-state index contributed by atoms with van der Waals surface area (Å²) in [7, 11) is 1.63. The van der Waals surface area contributed by atoms with Crippen LogP contribution in [0.2, 0.25) is 5.02 Å². The minimum atomic E-state index is -0.758. The average molecular weight is 309 g/mol. The van der Waals surface area contributed by atoms with Gasteiger partial charge in [-0.15, -0.1) is 0 Å². The lowest BCUT2D eigenvalue weighted by Crippen LogP contribution is -2.29. The van der Waals surface area contributed by atoms with Crippen LogP contribution in [0.25, 0.3) is 0 Å². The fraction of sp³-hybridized carbons (Fsp3) is 0.438. The van der Waals surface area contributed by atoms with Crippen LogP contribution in [0, 0.1) is 0 Å². The molecule has 1 unspecified atom stereocenters. The number of hydrogen-bond acceptors (Lipinski definition) is 3. The fourth-order valence-electron chi connectivity index (χ4n) is 2.37. The van der Waals surface area contributed by atoms with Crippen molar-refractivity contribution in [2.75, 3.05) is 13.7 Å². The topological polar surface area (TPSA) is 47.3 Å². The van der Waals surface area contributed by atoms with E-state index in [1.807, 2.05) is 44.2 Å². The third-order valence-corrected chi connectivity index (χ3v) is 4.09. The highest BCUT2D eigenvalue weighted by molar-refractivity contribution is 6.31. The zero-order valence-corrected chi connectivity index (χ0v) is 13.3. The lowest BCUT2D eigenvalue weighted by molar-refractivity contribution is 0.0883. The van der Waals surface area contributed by atoms with Gasteiger partial charge in [0.2, 0.25) is 0 Å². The van der Waals surface area contributed by atoms with Crippen LogP contribution in [0.4, 0.5) is 0 Å². The van der Waals surface area contributed by atoms with E-state index in [4.69, 9.17) is 16.3 Å². The predicted octanol–water partition coefficient (Wildman–Crippen LogP) is 3.19. The van der Waals surface area contributed by atoms with Crippen molar-refractivity contribution in [1.29, 1.82) is 0 Å². The second-order valence-corrected chi connectivity index (χ2v) is 5.99. The largest absolute Gasteiger partial charge is 0.386 e. The minimum Gasteiger partial charge on any atom is -0.386 e. The smallest absolute Gasteiger partial charge is 0.106 e. The molecule has 1 N–H and O–H groups in total. The highest BCUT2D eigenvalue weighted by Gasteiger charge is 2.34. The van der Waals surface area contributed by atoms with Crippen molar-refractivity contribution in [2.24, 2.45) is 0 Å². The summed E-state index contributed by atoms with van der Waals surface area (Å²) in [5.74, 6) is 0. The van der Waals surface area contributed by atoms with Crippen molar-refractivity contribution >= 4 is 11.6 Å². The molecule has 2 rings (SSSR count). The number of aliphatic hydroxyl groups excluding tert-OH is 1. The van der Waals surface area contributed by atoms with Gasteiger partial charge in [0.05, 0.1) is 30.1 Å². The molecule has 0 saturated heterocycles. The molecule has 1 aromatic heterocycles. The first-order chi connectivity index (χ1) is 9.98. The van der Waals surface area contributed by atoms with Crippen LogP contribution in [0.3, 0.4) is 0 Å². The Morgan fingerprint density at radius 1 is 1.33 bits per heavy atom. The van der Waals surface area contributed by atoms with Gasteiger partial charge in [0.15, 0.2) is 0 Å². The van der Waals surface area contributed by atoms with Crippen molar-refractivity contribution in [1.82, 2.24) is 9.78 Å². The molecule has 0 spiro atoms. The number of methoxy groups -OCH3 is 1. The van der Waals surface area contributed by atoms with Crippen molar-refractivity contribution in [2.45, 2.75) is 31.9 Å². The first-order valence-electron chi connectivity index (χ1n) is 6.92. The second kappa shape index (κ2) is 6.60. The van der Waals surface area contributed by atoms with Crippen LogP contribution in [0.1, 0.15) is 31.2 Å². The Kier molecular flexibility index (Phi) is 5.04. The predicted molar refractivity (Wildman–Crippen MR) is 83.5 cm³/mol. The van der Waals surface area contributed by atoms with E-state index in [0.717, 1.165) is 5.56 Å². The first-order valence-corrected chi connectivity index (χ1v) is 7.30. The zero-order valence-electron chi connectivity index (χ0n) is 12.6. The van der Waals surface area contributed by atoms with E-state index in [2.05, 4.69) is 5.10 Å². The molecule has 0 fully saturated rings. The summed E-state index contributed by atoms with van der Waals surface area (Å²) < 4.78 is 6.78. The highest BCUT2D eigenvalue weighted by atomic mass is 35.5. The molecule has 0 aliphatic rings. The van der Waals surface area contributed by atoms with Gasteiger partial charge >= 0.3 is 0 Å². The van der Waals surface area contributed by atoms with Crippen molar-refractivity contribution in [3.05, 3.63) is 52.8 Å². The Morgan fingerprint density at radius 2 is 2.00 bits per heavy atom. The molecular weight excluding hydrogens is 288 g/mol. The monoisotopic (exact) mass is 308 g/mol. The summed E-state index contributed by atoms with van der Waals surface area (Å²) >= 11 is 6.23. The number of rotatable bonds is 6. The number of nitrogens with zero attached hydrogens (tertiary/aromatic N) is 2. The summed E-state index contributed by atoms with van der Waals surface area (Å²) in [6.45, 7) is 5.07. The molecule has 0 radical (unpaired) electrons. The molecule has 5 heteroatoms. The minimum absolute atomic E-state index is 0.475. The zero-order chi connectivity index (χ0) is 15.5. The maximum absolute atomic E-state index is 10.9. The molecule has 4 nitrogen and oxygen atoms in total. The number of halogens is 1. The van der Waals surface area contributed by atoms with Gasteiger partial charge < -0.3 is 9.84 Å². The normalized spacial score (nSPS) is 13.4. The summed E-state index contributed by atoms with van der Waals surface area (Å²) in [6, 6.07) is 9.91. The SMILES string of the molecule is COCCn1ncc(Cl)c1C(O)C(C)(C)c1ccccc1. The number of aliphatic hydroxyl groups is 1. The summed E-state index contributed by atoms with van der Waals surface area (Å²) in [4.78, 5) is 0. The van der Waals surface area contributed by atoms with Crippen LogP contribution in [-0.4, -0.2) is 28.6 Å². The van der Waals surface area contributed by atoms with Gasteiger partial charge in [-0.25, -0.2) is 0 Å². The van der Waals surface area contributed by atoms with E-state index in [0.29, 0.717) is 23.9 Å². The molecule has 1 heterocycles. The van der Waals surface area contributed by atoms with Crippen LogP contribution >= 0.6 is 11.6 Å². The molecule has 114 valence electrons. The van der Waals surface area contributed by atoms with Gasteiger partial charge in [0.25, 0.3) is 0 Å². The average Bonchev–Trinajstić information content (AvgIpc) is 2.86. The lowest BCUT2D eigenvalue weighted by Gasteiger charge is -2.31. The Balaban J connectivity index is 2.35. The van der Waals surface area contributed by atoms with E-state index in [1.54, 1.807) is 18.0 Å². The summed E-state index contributed by atoms with van der Waals surface area (Å²) in [5.41, 5.74) is 1.20. The highest BCUT2D eigenvalue weighted by Crippen LogP contribution is 2.39. The van der Waals surface area contributed by atoms with E-state index < -0.39 is 11.5 Å². The third-order valence-electron chi connectivity index (χ3n) is 3.80. The fourth-order valence-corrected chi connectivity index (χ4v) is 2.61. The molecule has 0 aliphatic carbocycles. The molecular formula is C16H21ClN2O2. The number of hydrogen-bond donors (Lipinski definition) is 1. The molecule has 0 bridgehead atoms. The van der Waals surface area contributed by atoms with Crippen LogP contribution in [0.5, 0.6) is 0 Å². The van der Waals surface area contributed by atoms with E-state index in [-0.39, 0.29) is 0 Å².